The number of anilines is 1. The fourth-order valence-electron chi connectivity index (χ4n) is 1.82. The van der Waals surface area contributed by atoms with Crippen molar-refractivity contribution in [2.45, 2.75) is 6.42 Å². The lowest BCUT2D eigenvalue weighted by atomic mass is 10.1. The van der Waals surface area contributed by atoms with Crippen LogP contribution in [0.15, 0.2) is 53.7 Å². The molecule has 2 rings (SSSR count). The molecule has 0 fully saturated rings. The van der Waals surface area contributed by atoms with Gasteiger partial charge in [-0.05, 0) is 30.3 Å². The van der Waals surface area contributed by atoms with E-state index in [1.807, 2.05) is 0 Å². The average molecular weight is 285 g/mol. The van der Waals surface area contributed by atoms with Gasteiger partial charge in [0.2, 0.25) is 5.91 Å². The van der Waals surface area contributed by atoms with E-state index < -0.39 is 0 Å². The highest BCUT2D eigenvalue weighted by Gasteiger charge is 2.07. The highest BCUT2D eigenvalue weighted by Crippen LogP contribution is 2.17. The molecule has 5 N–H and O–H groups in total. The Morgan fingerprint density at radius 3 is 2.43 bits per heavy atom. The third-order valence-electron chi connectivity index (χ3n) is 2.91. The second-order valence-corrected chi connectivity index (χ2v) is 4.42. The van der Waals surface area contributed by atoms with E-state index in [0.717, 1.165) is 0 Å². The number of rotatable bonds is 4. The average Bonchev–Trinajstić information content (AvgIpc) is 2.49. The Balaban J connectivity index is 2.02. The molecule has 1 amide bonds. The highest BCUT2D eigenvalue weighted by atomic mass is 16.4. The molecule has 0 aliphatic heterocycles. The molecule has 6 nitrogen and oxygen atoms in total. The number of phenols is 1. The van der Waals surface area contributed by atoms with Crippen molar-refractivity contribution in [3.8, 4) is 5.75 Å². The number of aromatic hydroxyl groups is 1. The molecule has 0 radical (unpaired) electrons. The van der Waals surface area contributed by atoms with Gasteiger partial charge in [0.1, 0.15) is 5.75 Å². The Kier molecular flexibility index (Phi) is 4.40. The maximum Gasteiger partial charge on any atom is 0.228 e. The maximum absolute atomic E-state index is 11.9. The minimum atomic E-state index is -0.243. The largest absolute Gasteiger partial charge is 0.508 e. The van der Waals surface area contributed by atoms with Gasteiger partial charge in [-0.2, -0.15) is 0 Å². The van der Waals surface area contributed by atoms with Crippen LogP contribution in [0.3, 0.4) is 0 Å². The third-order valence-corrected chi connectivity index (χ3v) is 2.91. The van der Waals surface area contributed by atoms with Gasteiger partial charge in [-0.1, -0.05) is 23.4 Å². The number of amidine groups is 1. The zero-order valence-electron chi connectivity index (χ0n) is 11.2. The number of benzene rings is 2. The van der Waals surface area contributed by atoms with Crippen molar-refractivity contribution in [3.63, 3.8) is 0 Å². The van der Waals surface area contributed by atoms with E-state index in [9.17, 15) is 9.90 Å². The summed E-state index contributed by atoms with van der Waals surface area (Å²) in [6.45, 7) is 0. The molecule has 0 aliphatic rings. The molecule has 2 aromatic carbocycles. The van der Waals surface area contributed by atoms with Crippen LogP contribution >= 0.6 is 0 Å². The van der Waals surface area contributed by atoms with Gasteiger partial charge in [0.05, 0.1) is 6.42 Å². The van der Waals surface area contributed by atoms with Gasteiger partial charge < -0.3 is 21.4 Å². The quantitative estimate of drug-likeness (QED) is 0.296. The van der Waals surface area contributed by atoms with E-state index >= 15 is 0 Å². The summed E-state index contributed by atoms with van der Waals surface area (Å²) in [5.74, 6) is -0.148. The van der Waals surface area contributed by atoms with Crippen molar-refractivity contribution in [2.24, 2.45) is 10.9 Å². The third kappa shape index (κ3) is 3.73. The van der Waals surface area contributed by atoms with Gasteiger partial charge >= 0.3 is 0 Å². The topological polar surface area (TPSA) is 108 Å². The molecule has 2 aromatic rings. The molecule has 0 heterocycles. The second kappa shape index (κ2) is 6.42. The van der Waals surface area contributed by atoms with Crippen LogP contribution in [0.1, 0.15) is 11.1 Å². The van der Waals surface area contributed by atoms with Crippen molar-refractivity contribution in [1.82, 2.24) is 0 Å². The van der Waals surface area contributed by atoms with E-state index in [4.69, 9.17) is 10.9 Å². The number of amides is 1. The molecule has 21 heavy (non-hydrogen) atoms. The van der Waals surface area contributed by atoms with Gasteiger partial charge in [0, 0.05) is 16.8 Å². The minimum absolute atomic E-state index is 0.00193. The van der Waals surface area contributed by atoms with Crippen LogP contribution in [0.2, 0.25) is 0 Å². The molecular formula is C15H15N3O3. The van der Waals surface area contributed by atoms with Gasteiger partial charge in [0.25, 0.3) is 0 Å². The first kappa shape index (κ1) is 14.4. The van der Waals surface area contributed by atoms with Crippen LogP contribution in [0.4, 0.5) is 5.69 Å². The van der Waals surface area contributed by atoms with Crippen LogP contribution in [0, 0.1) is 0 Å². The predicted octanol–water partition coefficient (Wildman–Crippen LogP) is 1.67. The number of oxime groups is 1. The summed E-state index contributed by atoms with van der Waals surface area (Å²) in [6.07, 6.45) is 0.0780. The van der Waals surface area contributed by atoms with Crippen molar-refractivity contribution in [1.29, 1.82) is 0 Å². The lowest BCUT2D eigenvalue weighted by Gasteiger charge is -2.07. The lowest BCUT2D eigenvalue weighted by molar-refractivity contribution is -0.115. The van der Waals surface area contributed by atoms with Gasteiger partial charge in [-0.25, -0.2) is 0 Å². The summed E-state index contributed by atoms with van der Waals surface area (Å²) in [5, 5.41) is 23.8. The summed E-state index contributed by atoms with van der Waals surface area (Å²) in [4.78, 5) is 11.9. The molecule has 0 aromatic heterocycles. The van der Waals surface area contributed by atoms with Crippen molar-refractivity contribution in [2.75, 3.05) is 5.32 Å². The molecule has 0 aliphatic carbocycles. The number of para-hydroxylation sites is 1. The standard InChI is InChI=1S/C15H15N3O3/c16-15(18-21)10-5-7-12(8-6-10)17-14(20)9-11-3-1-2-4-13(11)19/h1-8,19,21H,9H2,(H2,16,18)(H,17,20). The van der Waals surface area contributed by atoms with Crippen LogP contribution < -0.4 is 11.1 Å². The Labute approximate surface area is 121 Å². The molecule has 0 bridgehead atoms. The minimum Gasteiger partial charge on any atom is -0.508 e. The first-order chi connectivity index (χ1) is 10.1. The van der Waals surface area contributed by atoms with Crippen LogP contribution in [0.25, 0.3) is 0 Å². The van der Waals surface area contributed by atoms with Crippen LogP contribution in [-0.4, -0.2) is 22.1 Å². The zero-order chi connectivity index (χ0) is 15.2. The Bertz CT molecular complexity index is 666. The number of hydrogen-bond donors (Lipinski definition) is 4. The number of nitrogens with two attached hydrogens (primary N) is 1. The van der Waals surface area contributed by atoms with Crippen molar-refractivity contribution in [3.05, 3.63) is 59.7 Å². The predicted molar refractivity (Wildman–Crippen MR) is 79.4 cm³/mol. The number of phenolic OH excluding ortho intramolecular Hbond substituents is 1. The number of nitrogens with one attached hydrogen (secondary N) is 1. The fraction of sp³-hybridized carbons (Fsp3) is 0.0667. The van der Waals surface area contributed by atoms with E-state index in [2.05, 4.69) is 10.5 Å². The maximum atomic E-state index is 11.9. The highest BCUT2D eigenvalue weighted by molar-refractivity contribution is 5.98. The van der Waals surface area contributed by atoms with Gasteiger partial charge in [0.15, 0.2) is 5.84 Å². The van der Waals surface area contributed by atoms with E-state index in [0.29, 0.717) is 16.8 Å². The fourth-order valence-corrected chi connectivity index (χ4v) is 1.82. The Hall–Kier alpha value is -3.02. The number of hydrogen-bond acceptors (Lipinski definition) is 4. The SMILES string of the molecule is N/C(=N/O)c1ccc(NC(=O)Cc2ccccc2O)cc1. The smallest absolute Gasteiger partial charge is 0.228 e. The van der Waals surface area contributed by atoms with Crippen molar-refractivity contribution < 1.29 is 15.1 Å². The first-order valence-corrected chi connectivity index (χ1v) is 6.25. The van der Waals surface area contributed by atoms with E-state index in [1.54, 1.807) is 42.5 Å². The van der Waals surface area contributed by atoms with Crippen LogP contribution in [0.5, 0.6) is 5.75 Å². The summed E-state index contributed by atoms with van der Waals surface area (Å²) >= 11 is 0. The van der Waals surface area contributed by atoms with Gasteiger partial charge in [-0.15, -0.1) is 0 Å². The number of nitrogens with zero attached hydrogens (tertiary/aromatic N) is 1. The lowest BCUT2D eigenvalue weighted by Crippen LogP contribution is -2.15. The Morgan fingerprint density at radius 2 is 1.81 bits per heavy atom. The number of carbonyl (C=O) groups excluding carboxylic acids is 1. The molecule has 0 saturated heterocycles. The van der Waals surface area contributed by atoms with Gasteiger partial charge in [-0.3, -0.25) is 4.79 Å². The monoisotopic (exact) mass is 285 g/mol. The molecule has 0 spiro atoms. The first-order valence-electron chi connectivity index (χ1n) is 6.25. The molecule has 108 valence electrons. The summed E-state index contributed by atoms with van der Waals surface area (Å²) in [5.41, 5.74) is 7.15. The molecule has 6 heteroatoms. The normalized spacial score (nSPS) is 11.1. The van der Waals surface area contributed by atoms with E-state index in [1.165, 1.54) is 6.07 Å². The molecule has 0 unspecified atom stereocenters. The second-order valence-electron chi connectivity index (χ2n) is 4.42. The number of carbonyl (C=O) groups is 1. The summed E-state index contributed by atoms with van der Waals surface area (Å²) in [6, 6.07) is 13.2. The van der Waals surface area contributed by atoms with Crippen LogP contribution in [-0.2, 0) is 11.2 Å². The zero-order valence-corrected chi connectivity index (χ0v) is 11.2. The Morgan fingerprint density at radius 1 is 1.14 bits per heavy atom. The summed E-state index contributed by atoms with van der Waals surface area (Å²) in [7, 11) is 0. The molecular weight excluding hydrogens is 270 g/mol. The van der Waals surface area contributed by atoms with E-state index in [-0.39, 0.29) is 23.9 Å². The summed E-state index contributed by atoms with van der Waals surface area (Å²) < 4.78 is 0. The molecule has 0 saturated carbocycles. The van der Waals surface area contributed by atoms with Crippen molar-refractivity contribution >= 4 is 17.4 Å². The molecule has 0 atom stereocenters.